The molecule has 4 rings (SSSR count). The van der Waals surface area contributed by atoms with E-state index in [2.05, 4.69) is 21.3 Å². The van der Waals surface area contributed by atoms with Gasteiger partial charge >= 0.3 is 0 Å². The minimum atomic E-state index is -0.115. The van der Waals surface area contributed by atoms with Crippen LogP contribution in [0.5, 0.6) is 0 Å². The Balaban J connectivity index is 1.33. The largest absolute Gasteiger partial charge is 0.459 e. The molecule has 1 unspecified atom stereocenters. The van der Waals surface area contributed by atoms with Crippen molar-refractivity contribution >= 4 is 11.8 Å². The molecule has 2 amide bonds. The summed E-state index contributed by atoms with van der Waals surface area (Å²) in [5.41, 5.74) is 1.12. The lowest BCUT2D eigenvalue weighted by Gasteiger charge is -2.39. The van der Waals surface area contributed by atoms with Gasteiger partial charge in [-0.05, 0) is 23.8 Å². The molecule has 4 heterocycles. The second-order valence-electron chi connectivity index (χ2n) is 7.13. The van der Waals surface area contributed by atoms with Gasteiger partial charge in [0.15, 0.2) is 5.76 Å². The van der Waals surface area contributed by atoms with Crippen LogP contribution in [0, 0.1) is 0 Å². The lowest BCUT2D eigenvalue weighted by molar-refractivity contribution is -0.134. The number of carbonyl (C=O) groups excluding carboxylic acids is 2. The minimum absolute atomic E-state index is 0.112. The number of piperazine rings is 2. The Morgan fingerprint density at radius 3 is 2.64 bits per heavy atom. The molecule has 1 atom stereocenters. The summed E-state index contributed by atoms with van der Waals surface area (Å²) < 4.78 is 5.19. The standard InChI is InChI=1S/C20H25N5O3/c26-19(15-25-7-6-22-14-17(25)16-3-1-5-21-13-16)23-8-10-24(11-9-23)20(27)18-4-2-12-28-18/h1-5,12-13,17,22H,6-11,14-15H2. The Morgan fingerprint density at radius 2 is 1.93 bits per heavy atom. The second-order valence-corrected chi connectivity index (χ2v) is 7.13. The first-order valence-electron chi connectivity index (χ1n) is 9.67. The van der Waals surface area contributed by atoms with Crippen LogP contribution in [0.4, 0.5) is 0 Å². The van der Waals surface area contributed by atoms with E-state index in [0.29, 0.717) is 38.5 Å². The fourth-order valence-corrected chi connectivity index (χ4v) is 3.83. The molecule has 2 aromatic rings. The van der Waals surface area contributed by atoms with Crippen LogP contribution in [-0.2, 0) is 4.79 Å². The van der Waals surface area contributed by atoms with Crippen molar-refractivity contribution in [3.63, 3.8) is 0 Å². The summed E-state index contributed by atoms with van der Waals surface area (Å²) >= 11 is 0. The van der Waals surface area contributed by atoms with Crippen molar-refractivity contribution in [2.45, 2.75) is 6.04 Å². The molecule has 2 aliphatic rings. The molecule has 8 nitrogen and oxygen atoms in total. The van der Waals surface area contributed by atoms with Gasteiger partial charge in [0.2, 0.25) is 5.91 Å². The number of nitrogens with zero attached hydrogens (tertiary/aromatic N) is 4. The summed E-state index contributed by atoms with van der Waals surface area (Å²) in [4.78, 5) is 35.3. The van der Waals surface area contributed by atoms with E-state index in [1.54, 1.807) is 23.2 Å². The van der Waals surface area contributed by atoms with Gasteiger partial charge in [-0.1, -0.05) is 6.07 Å². The number of hydrogen-bond donors (Lipinski definition) is 1. The summed E-state index contributed by atoms with van der Waals surface area (Å²) in [7, 11) is 0. The van der Waals surface area contributed by atoms with Crippen LogP contribution in [0.3, 0.4) is 0 Å². The molecule has 2 saturated heterocycles. The van der Waals surface area contributed by atoms with Crippen molar-refractivity contribution in [3.05, 3.63) is 54.2 Å². The predicted molar refractivity (Wildman–Crippen MR) is 103 cm³/mol. The highest BCUT2D eigenvalue weighted by atomic mass is 16.3. The molecule has 1 N–H and O–H groups in total. The van der Waals surface area contributed by atoms with E-state index in [1.165, 1.54) is 6.26 Å². The normalized spacial score (nSPS) is 20.9. The fraction of sp³-hybridized carbons (Fsp3) is 0.450. The first-order valence-corrected chi connectivity index (χ1v) is 9.67. The number of amides is 2. The van der Waals surface area contributed by atoms with Crippen LogP contribution < -0.4 is 5.32 Å². The first-order chi connectivity index (χ1) is 13.7. The molecule has 148 valence electrons. The Hall–Kier alpha value is -2.71. The molecule has 0 radical (unpaired) electrons. The maximum Gasteiger partial charge on any atom is 0.289 e. The smallest absolute Gasteiger partial charge is 0.289 e. The van der Waals surface area contributed by atoms with E-state index in [4.69, 9.17) is 4.42 Å². The number of furan rings is 1. The van der Waals surface area contributed by atoms with Gasteiger partial charge in [0.1, 0.15) is 0 Å². The quantitative estimate of drug-likeness (QED) is 0.833. The molecule has 28 heavy (non-hydrogen) atoms. The van der Waals surface area contributed by atoms with Crippen molar-refractivity contribution in [1.29, 1.82) is 0 Å². The average molecular weight is 383 g/mol. The van der Waals surface area contributed by atoms with Gasteiger partial charge in [0, 0.05) is 64.2 Å². The third kappa shape index (κ3) is 4.07. The predicted octanol–water partition coefficient (Wildman–Crippen LogP) is 0.606. The van der Waals surface area contributed by atoms with Gasteiger partial charge in [-0.2, -0.15) is 0 Å². The second kappa shape index (κ2) is 8.53. The Bertz CT molecular complexity index is 787. The third-order valence-electron chi connectivity index (χ3n) is 5.41. The van der Waals surface area contributed by atoms with E-state index in [-0.39, 0.29) is 17.9 Å². The van der Waals surface area contributed by atoms with Gasteiger partial charge in [-0.15, -0.1) is 0 Å². The van der Waals surface area contributed by atoms with Gasteiger partial charge in [-0.25, -0.2) is 0 Å². The van der Waals surface area contributed by atoms with Gasteiger partial charge in [0.25, 0.3) is 5.91 Å². The molecule has 0 aliphatic carbocycles. The molecular formula is C20H25N5O3. The van der Waals surface area contributed by atoms with Crippen LogP contribution in [0.2, 0.25) is 0 Å². The Morgan fingerprint density at radius 1 is 1.11 bits per heavy atom. The molecule has 0 saturated carbocycles. The van der Waals surface area contributed by atoms with E-state index in [1.807, 2.05) is 17.2 Å². The van der Waals surface area contributed by atoms with Crippen molar-refractivity contribution in [3.8, 4) is 0 Å². The van der Waals surface area contributed by atoms with Crippen LogP contribution in [-0.4, -0.2) is 83.9 Å². The van der Waals surface area contributed by atoms with E-state index in [0.717, 1.165) is 25.2 Å². The molecule has 2 fully saturated rings. The summed E-state index contributed by atoms with van der Waals surface area (Å²) in [6, 6.07) is 7.51. The van der Waals surface area contributed by atoms with Gasteiger partial charge < -0.3 is 19.5 Å². The number of carbonyl (C=O) groups is 2. The molecule has 0 aromatic carbocycles. The lowest BCUT2D eigenvalue weighted by atomic mass is 10.1. The topological polar surface area (TPSA) is 81.9 Å². The maximum atomic E-state index is 12.9. The number of rotatable bonds is 4. The van der Waals surface area contributed by atoms with Crippen LogP contribution in [0.1, 0.15) is 22.2 Å². The SMILES string of the molecule is O=C(CN1CCNCC1c1cccnc1)N1CCN(C(=O)c2ccco2)CC1. The summed E-state index contributed by atoms with van der Waals surface area (Å²) in [6.07, 6.45) is 5.13. The van der Waals surface area contributed by atoms with Crippen molar-refractivity contribution < 1.29 is 14.0 Å². The van der Waals surface area contributed by atoms with Crippen LogP contribution >= 0.6 is 0 Å². The highest BCUT2D eigenvalue weighted by molar-refractivity contribution is 5.91. The average Bonchev–Trinajstić information content (AvgIpc) is 3.29. The zero-order valence-electron chi connectivity index (χ0n) is 15.8. The molecule has 0 spiro atoms. The van der Waals surface area contributed by atoms with Crippen LogP contribution in [0.25, 0.3) is 0 Å². The lowest BCUT2D eigenvalue weighted by Crippen LogP contribution is -2.54. The summed E-state index contributed by atoms with van der Waals surface area (Å²) in [6.45, 7) is 5.04. The maximum absolute atomic E-state index is 12.9. The minimum Gasteiger partial charge on any atom is -0.459 e. The monoisotopic (exact) mass is 383 g/mol. The number of hydrogen-bond acceptors (Lipinski definition) is 6. The van der Waals surface area contributed by atoms with Crippen LogP contribution in [0.15, 0.2) is 47.3 Å². The first kappa shape index (κ1) is 18.6. The zero-order valence-corrected chi connectivity index (χ0v) is 15.8. The molecule has 0 bridgehead atoms. The molecular weight excluding hydrogens is 358 g/mol. The number of nitrogens with one attached hydrogen (secondary N) is 1. The highest BCUT2D eigenvalue weighted by Crippen LogP contribution is 2.21. The van der Waals surface area contributed by atoms with Crippen molar-refractivity contribution in [1.82, 2.24) is 25.0 Å². The third-order valence-corrected chi connectivity index (χ3v) is 5.41. The number of aromatic nitrogens is 1. The summed E-state index contributed by atoms with van der Waals surface area (Å²) in [5, 5.41) is 3.40. The summed E-state index contributed by atoms with van der Waals surface area (Å²) in [5.74, 6) is 0.344. The van der Waals surface area contributed by atoms with E-state index < -0.39 is 0 Å². The number of pyridine rings is 1. The Labute approximate surface area is 164 Å². The van der Waals surface area contributed by atoms with Crippen molar-refractivity contribution in [2.24, 2.45) is 0 Å². The van der Waals surface area contributed by atoms with E-state index >= 15 is 0 Å². The van der Waals surface area contributed by atoms with Crippen molar-refractivity contribution in [2.75, 3.05) is 52.4 Å². The fourth-order valence-electron chi connectivity index (χ4n) is 3.83. The van der Waals surface area contributed by atoms with Gasteiger partial charge in [-0.3, -0.25) is 19.5 Å². The Kier molecular flexibility index (Phi) is 5.68. The zero-order chi connectivity index (χ0) is 19.3. The van der Waals surface area contributed by atoms with E-state index in [9.17, 15) is 9.59 Å². The molecule has 2 aliphatic heterocycles. The molecule has 8 heteroatoms. The van der Waals surface area contributed by atoms with Gasteiger partial charge in [0.05, 0.1) is 12.8 Å². The highest BCUT2D eigenvalue weighted by Gasteiger charge is 2.30. The molecule has 2 aromatic heterocycles.